The van der Waals surface area contributed by atoms with E-state index in [4.69, 9.17) is 4.98 Å². The lowest BCUT2D eigenvalue weighted by atomic mass is 10.1. The van der Waals surface area contributed by atoms with Crippen molar-refractivity contribution in [2.75, 3.05) is 18.1 Å². The fourth-order valence-electron chi connectivity index (χ4n) is 2.21. The molecule has 1 aliphatic heterocycles. The van der Waals surface area contributed by atoms with Crippen LogP contribution in [0, 0.1) is 13.8 Å². The zero-order chi connectivity index (χ0) is 13.2. The molecule has 1 N–H and O–H groups in total. The van der Waals surface area contributed by atoms with E-state index in [-0.39, 0.29) is 0 Å². The van der Waals surface area contributed by atoms with Crippen LogP contribution in [-0.4, -0.2) is 23.0 Å². The van der Waals surface area contributed by atoms with Gasteiger partial charge < -0.3 is 5.32 Å². The number of thiazole rings is 1. The number of aromatic nitrogens is 1. The highest BCUT2D eigenvalue weighted by molar-refractivity contribution is 7.99. The van der Waals surface area contributed by atoms with Crippen LogP contribution in [0.15, 0.2) is 23.6 Å². The van der Waals surface area contributed by atoms with E-state index in [9.17, 15) is 0 Å². The van der Waals surface area contributed by atoms with Gasteiger partial charge in [0.05, 0.1) is 11.7 Å². The predicted octanol–water partition coefficient (Wildman–Crippen LogP) is 3.80. The van der Waals surface area contributed by atoms with Crippen LogP contribution in [0.5, 0.6) is 0 Å². The van der Waals surface area contributed by atoms with E-state index in [0.29, 0.717) is 6.04 Å². The lowest BCUT2D eigenvalue weighted by Crippen LogP contribution is -2.30. The second-order valence-corrected chi connectivity index (χ2v) is 6.99. The summed E-state index contributed by atoms with van der Waals surface area (Å²) < 4.78 is 0. The van der Waals surface area contributed by atoms with Gasteiger partial charge in [-0.25, -0.2) is 4.98 Å². The average molecular weight is 290 g/mol. The number of benzene rings is 1. The number of rotatable bonds is 2. The molecule has 1 aromatic heterocycles. The van der Waals surface area contributed by atoms with Crippen molar-refractivity contribution in [3.63, 3.8) is 0 Å². The predicted molar refractivity (Wildman–Crippen MR) is 85.1 cm³/mol. The van der Waals surface area contributed by atoms with Crippen molar-refractivity contribution < 1.29 is 0 Å². The van der Waals surface area contributed by atoms with Gasteiger partial charge in [-0.3, -0.25) is 0 Å². The van der Waals surface area contributed by atoms with Gasteiger partial charge in [0, 0.05) is 29.0 Å². The van der Waals surface area contributed by atoms with Crippen LogP contribution in [0.25, 0.3) is 11.3 Å². The first kappa shape index (κ1) is 13.2. The molecule has 0 radical (unpaired) electrons. The van der Waals surface area contributed by atoms with Crippen LogP contribution in [0.3, 0.4) is 0 Å². The molecule has 0 aliphatic carbocycles. The Hall–Kier alpha value is -0.840. The topological polar surface area (TPSA) is 24.9 Å². The second-order valence-electron chi connectivity index (χ2n) is 4.95. The van der Waals surface area contributed by atoms with Crippen molar-refractivity contribution in [2.45, 2.75) is 19.9 Å². The van der Waals surface area contributed by atoms with Gasteiger partial charge in [-0.15, -0.1) is 11.3 Å². The molecule has 3 rings (SSSR count). The second kappa shape index (κ2) is 5.65. The first-order valence-electron chi connectivity index (χ1n) is 6.58. The number of aryl methyl sites for hydroxylation is 2. The van der Waals surface area contributed by atoms with Crippen molar-refractivity contribution in [2.24, 2.45) is 0 Å². The van der Waals surface area contributed by atoms with Crippen LogP contribution < -0.4 is 5.32 Å². The van der Waals surface area contributed by atoms with Crippen LogP contribution in [0.1, 0.15) is 22.2 Å². The Balaban J connectivity index is 1.85. The van der Waals surface area contributed by atoms with Gasteiger partial charge in [0.1, 0.15) is 5.01 Å². The number of nitrogens with one attached hydrogen (secondary N) is 1. The molecule has 100 valence electrons. The van der Waals surface area contributed by atoms with Crippen molar-refractivity contribution in [3.05, 3.63) is 39.7 Å². The van der Waals surface area contributed by atoms with E-state index in [2.05, 4.69) is 42.7 Å². The molecule has 1 fully saturated rings. The van der Waals surface area contributed by atoms with Gasteiger partial charge in [0.2, 0.25) is 0 Å². The SMILES string of the molecule is Cc1ccc(-c2csc(C3CSCCN3)n2)cc1C. The van der Waals surface area contributed by atoms with Crippen LogP contribution >= 0.6 is 23.1 Å². The Kier molecular flexibility index (Phi) is 3.91. The number of hydrogen-bond donors (Lipinski definition) is 1. The van der Waals surface area contributed by atoms with Crippen molar-refractivity contribution in [1.82, 2.24) is 10.3 Å². The van der Waals surface area contributed by atoms with Crippen molar-refractivity contribution in [3.8, 4) is 11.3 Å². The molecule has 4 heteroatoms. The minimum Gasteiger partial charge on any atom is -0.306 e. The van der Waals surface area contributed by atoms with E-state index >= 15 is 0 Å². The summed E-state index contributed by atoms with van der Waals surface area (Å²) in [5, 5.41) is 6.95. The smallest absolute Gasteiger partial charge is 0.111 e. The third kappa shape index (κ3) is 2.86. The summed E-state index contributed by atoms with van der Waals surface area (Å²) in [7, 11) is 0. The zero-order valence-electron chi connectivity index (χ0n) is 11.3. The number of nitrogens with zero attached hydrogens (tertiary/aromatic N) is 1. The van der Waals surface area contributed by atoms with Gasteiger partial charge in [-0.05, 0) is 31.0 Å². The monoisotopic (exact) mass is 290 g/mol. The molecule has 19 heavy (non-hydrogen) atoms. The highest BCUT2D eigenvalue weighted by atomic mass is 32.2. The number of hydrogen-bond acceptors (Lipinski definition) is 4. The van der Waals surface area contributed by atoms with Gasteiger partial charge in [0.15, 0.2) is 0 Å². The molecule has 1 saturated heterocycles. The van der Waals surface area contributed by atoms with Crippen molar-refractivity contribution in [1.29, 1.82) is 0 Å². The highest BCUT2D eigenvalue weighted by Crippen LogP contribution is 2.29. The minimum atomic E-state index is 0.434. The molecule has 0 amide bonds. The molecule has 0 bridgehead atoms. The Morgan fingerprint density at radius 3 is 2.89 bits per heavy atom. The molecule has 1 aromatic carbocycles. The molecule has 2 nitrogen and oxygen atoms in total. The third-order valence-corrected chi connectivity index (χ3v) is 5.56. The fourth-order valence-corrected chi connectivity index (χ4v) is 4.15. The summed E-state index contributed by atoms with van der Waals surface area (Å²) in [6, 6.07) is 7.02. The van der Waals surface area contributed by atoms with Crippen molar-refractivity contribution >= 4 is 23.1 Å². The first-order valence-corrected chi connectivity index (χ1v) is 8.61. The maximum absolute atomic E-state index is 4.82. The summed E-state index contributed by atoms with van der Waals surface area (Å²) in [6.45, 7) is 5.40. The molecule has 1 unspecified atom stereocenters. The minimum absolute atomic E-state index is 0.434. The molecule has 1 aliphatic rings. The van der Waals surface area contributed by atoms with Gasteiger partial charge in [-0.2, -0.15) is 11.8 Å². The zero-order valence-corrected chi connectivity index (χ0v) is 12.9. The fraction of sp³-hybridized carbons (Fsp3) is 0.400. The summed E-state index contributed by atoms with van der Waals surface area (Å²) >= 11 is 3.79. The molecule has 0 saturated carbocycles. The molecule has 1 atom stereocenters. The molecular weight excluding hydrogens is 272 g/mol. The van der Waals surface area contributed by atoms with E-state index < -0.39 is 0 Å². The average Bonchev–Trinajstić information content (AvgIpc) is 2.93. The molecular formula is C15H18N2S2. The van der Waals surface area contributed by atoms with E-state index in [1.165, 1.54) is 27.5 Å². The Morgan fingerprint density at radius 2 is 2.16 bits per heavy atom. The number of thioether (sulfide) groups is 1. The normalized spacial score (nSPS) is 19.6. The Labute approximate surface area is 122 Å². The van der Waals surface area contributed by atoms with Crippen LogP contribution in [0.2, 0.25) is 0 Å². The Morgan fingerprint density at radius 1 is 1.26 bits per heavy atom. The van der Waals surface area contributed by atoms with E-state index in [0.717, 1.165) is 18.0 Å². The summed E-state index contributed by atoms with van der Waals surface area (Å²) in [4.78, 5) is 4.82. The largest absolute Gasteiger partial charge is 0.306 e. The summed E-state index contributed by atoms with van der Waals surface area (Å²) in [5.41, 5.74) is 5.01. The Bertz CT molecular complexity index is 571. The molecule has 2 aromatic rings. The molecule has 2 heterocycles. The first-order chi connectivity index (χ1) is 9.24. The maximum Gasteiger partial charge on any atom is 0.111 e. The van der Waals surface area contributed by atoms with Gasteiger partial charge >= 0.3 is 0 Å². The maximum atomic E-state index is 4.82. The molecule has 0 spiro atoms. The van der Waals surface area contributed by atoms with Gasteiger partial charge in [0.25, 0.3) is 0 Å². The van der Waals surface area contributed by atoms with Crippen LogP contribution in [0.4, 0.5) is 0 Å². The van der Waals surface area contributed by atoms with Crippen LogP contribution in [-0.2, 0) is 0 Å². The quantitative estimate of drug-likeness (QED) is 0.910. The van der Waals surface area contributed by atoms with E-state index in [1.54, 1.807) is 11.3 Å². The lowest BCUT2D eigenvalue weighted by molar-refractivity contribution is 0.592. The van der Waals surface area contributed by atoms with Gasteiger partial charge in [-0.1, -0.05) is 12.1 Å². The summed E-state index contributed by atoms with van der Waals surface area (Å²) in [5.74, 6) is 2.35. The summed E-state index contributed by atoms with van der Waals surface area (Å²) in [6.07, 6.45) is 0. The third-order valence-electron chi connectivity index (χ3n) is 3.54. The van der Waals surface area contributed by atoms with E-state index in [1.807, 2.05) is 11.8 Å². The standard InChI is InChI=1S/C15H18N2S2/c1-10-3-4-12(7-11(10)2)13-9-19-15(17-13)14-8-18-6-5-16-14/h3-4,7,9,14,16H,5-6,8H2,1-2H3. The lowest BCUT2D eigenvalue weighted by Gasteiger charge is -2.20. The highest BCUT2D eigenvalue weighted by Gasteiger charge is 2.18.